The standard InChI is InChI=1S/C21H26N4O3/c26-21(23-14-17-9-5-11-28-17)18-12-19(22-13-16-8-4-10-27-16)25-20(24-18)15-6-2-1-3-7-15/h1-3,6-7,12,16-17H,4-5,8-11,13-14H2,(H,23,26)(H,22,24,25). The molecule has 1 aromatic carbocycles. The van der Waals surface area contributed by atoms with Gasteiger partial charge in [0.25, 0.3) is 5.91 Å². The SMILES string of the molecule is O=C(NCC1CCCO1)c1cc(NCC2CCCO2)nc(-c2ccccc2)n1. The number of hydrogen-bond donors (Lipinski definition) is 2. The quantitative estimate of drug-likeness (QED) is 0.766. The van der Waals surface area contributed by atoms with Gasteiger partial charge in [0.2, 0.25) is 0 Å². The maximum absolute atomic E-state index is 12.7. The number of aromatic nitrogens is 2. The first-order chi connectivity index (χ1) is 13.8. The van der Waals surface area contributed by atoms with Gasteiger partial charge < -0.3 is 20.1 Å². The van der Waals surface area contributed by atoms with Crippen molar-refractivity contribution in [2.45, 2.75) is 37.9 Å². The summed E-state index contributed by atoms with van der Waals surface area (Å²) in [6.45, 7) is 2.75. The van der Waals surface area contributed by atoms with Crippen LogP contribution in [-0.2, 0) is 9.47 Å². The molecule has 7 nitrogen and oxygen atoms in total. The fourth-order valence-corrected chi connectivity index (χ4v) is 3.50. The van der Waals surface area contributed by atoms with E-state index >= 15 is 0 Å². The minimum absolute atomic E-state index is 0.0940. The van der Waals surface area contributed by atoms with Gasteiger partial charge in [-0.25, -0.2) is 9.97 Å². The van der Waals surface area contributed by atoms with Crippen LogP contribution in [0.1, 0.15) is 36.2 Å². The first-order valence-electron chi connectivity index (χ1n) is 9.98. The maximum Gasteiger partial charge on any atom is 0.270 e. The molecule has 2 N–H and O–H groups in total. The smallest absolute Gasteiger partial charge is 0.270 e. The minimum Gasteiger partial charge on any atom is -0.376 e. The van der Waals surface area contributed by atoms with Gasteiger partial charge in [-0.2, -0.15) is 0 Å². The molecule has 1 aromatic heterocycles. The summed E-state index contributed by atoms with van der Waals surface area (Å²) in [6, 6.07) is 11.4. The lowest BCUT2D eigenvalue weighted by molar-refractivity contribution is 0.0853. The molecule has 2 fully saturated rings. The van der Waals surface area contributed by atoms with Crippen LogP contribution < -0.4 is 10.6 Å². The number of hydrogen-bond acceptors (Lipinski definition) is 6. The third-order valence-corrected chi connectivity index (χ3v) is 5.04. The molecule has 0 bridgehead atoms. The molecule has 2 unspecified atom stereocenters. The molecule has 4 rings (SSSR count). The molecule has 0 aliphatic carbocycles. The van der Waals surface area contributed by atoms with Gasteiger partial charge in [-0.15, -0.1) is 0 Å². The Morgan fingerprint density at radius 3 is 2.39 bits per heavy atom. The average Bonchev–Trinajstić information content (AvgIpc) is 3.45. The highest BCUT2D eigenvalue weighted by Gasteiger charge is 2.19. The number of carbonyl (C=O) groups excluding carboxylic acids is 1. The second kappa shape index (κ2) is 9.12. The molecule has 0 saturated carbocycles. The van der Waals surface area contributed by atoms with Crippen molar-refractivity contribution in [2.24, 2.45) is 0 Å². The number of nitrogens with one attached hydrogen (secondary N) is 2. The summed E-state index contributed by atoms with van der Waals surface area (Å²) in [7, 11) is 0. The van der Waals surface area contributed by atoms with Crippen LogP contribution >= 0.6 is 0 Å². The van der Waals surface area contributed by atoms with Crippen molar-refractivity contribution in [3.05, 3.63) is 42.1 Å². The Bertz CT molecular complexity index is 787. The second-order valence-electron chi connectivity index (χ2n) is 7.19. The van der Waals surface area contributed by atoms with Crippen molar-refractivity contribution in [1.29, 1.82) is 0 Å². The number of carbonyl (C=O) groups is 1. The molecule has 3 heterocycles. The van der Waals surface area contributed by atoms with Gasteiger partial charge in [0.1, 0.15) is 11.5 Å². The molecule has 1 amide bonds. The van der Waals surface area contributed by atoms with Crippen molar-refractivity contribution in [2.75, 3.05) is 31.6 Å². The van der Waals surface area contributed by atoms with E-state index in [0.717, 1.165) is 44.5 Å². The van der Waals surface area contributed by atoms with E-state index in [2.05, 4.69) is 20.6 Å². The highest BCUT2D eigenvalue weighted by molar-refractivity contribution is 5.93. The fraction of sp³-hybridized carbons (Fsp3) is 0.476. The van der Waals surface area contributed by atoms with E-state index in [-0.39, 0.29) is 18.1 Å². The van der Waals surface area contributed by atoms with Crippen molar-refractivity contribution in [1.82, 2.24) is 15.3 Å². The summed E-state index contributed by atoms with van der Waals surface area (Å²) in [4.78, 5) is 21.8. The first kappa shape index (κ1) is 18.8. The van der Waals surface area contributed by atoms with Crippen LogP contribution in [0.15, 0.2) is 36.4 Å². The molecule has 2 saturated heterocycles. The Morgan fingerprint density at radius 2 is 1.71 bits per heavy atom. The van der Waals surface area contributed by atoms with E-state index in [4.69, 9.17) is 9.47 Å². The number of nitrogens with zero attached hydrogens (tertiary/aromatic N) is 2. The maximum atomic E-state index is 12.7. The van der Waals surface area contributed by atoms with Gasteiger partial charge in [-0.05, 0) is 25.7 Å². The van der Waals surface area contributed by atoms with Crippen molar-refractivity contribution in [3.8, 4) is 11.4 Å². The lowest BCUT2D eigenvalue weighted by Gasteiger charge is -2.14. The zero-order valence-corrected chi connectivity index (χ0v) is 15.9. The molecule has 0 radical (unpaired) electrons. The summed E-state index contributed by atoms with van der Waals surface area (Å²) in [5.74, 6) is 0.946. The van der Waals surface area contributed by atoms with Crippen molar-refractivity contribution >= 4 is 11.7 Å². The second-order valence-corrected chi connectivity index (χ2v) is 7.19. The summed E-state index contributed by atoms with van der Waals surface area (Å²) in [5, 5.41) is 6.25. The number of benzene rings is 1. The van der Waals surface area contributed by atoms with E-state index in [0.29, 0.717) is 30.4 Å². The molecule has 2 aliphatic rings. The van der Waals surface area contributed by atoms with Gasteiger partial charge in [0.15, 0.2) is 5.82 Å². The van der Waals surface area contributed by atoms with Gasteiger partial charge in [-0.3, -0.25) is 4.79 Å². The molecule has 7 heteroatoms. The molecular formula is C21H26N4O3. The van der Waals surface area contributed by atoms with Crippen molar-refractivity contribution in [3.63, 3.8) is 0 Å². The summed E-state index contributed by atoms with van der Waals surface area (Å²) in [6.07, 6.45) is 4.43. The molecule has 2 aromatic rings. The van der Waals surface area contributed by atoms with Crippen LogP contribution in [0.4, 0.5) is 5.82 Å². The third kappa shape index (κ3) is 4.85. The van der Waals surface area contributed by atoms with E-state index in [9.17, 15) is 4.79 Å². The molecule has 148 valence electrons. The van der Waals surface area contributed by atoms with E-state index in [1.54, 1.807) is 6.07 Å². The van der Waals surface area contributed by atoms with Crippen molar-refractivity contribution < 1.29 is 14.3 Å². The highest BCUT2D eigenvalue weighted by Crippen LogP contribution is 2.19. The Balaban J connectivity index is 1.51. The highest BCUT2D eigenvalue weighted by atomic mass is 16.5. The first-order valence-corrected chi connectivity index (χ1v) is 9.98. The van der Waals surface area contributed by atoms with Gasteiger partial charge >= 0.3 is 0 Å². The van der Waals surface area contributed by atoms with E-state index in [1.807, 2.05) is 30.3 Å². The van der Waals surface area contributed by atoms with Gasteiger partial charge in [-0.1, -0.05) is 30.3 Å². The molecule has 2 aliphatic heterocycles. The third-order valence-electron chi connectivity index (χ3n) is 5.04. The van der Waals surface area contributed by atoms with Crippen LogP contribution in [0.3, 0.4) is 0 Å². The Hall–Kier alpha value is -2.51. The topological polar surface area (TPSA) is 85.4 Å². The Morgan fingerprint density at radius 1 is 1.00 bits per heavy atom. The predicted molar refractivity (Wildman–Crippen MR) is 106 cm³/mol. The van der Waals surface area contributed by atoms with E-state index < -0.39 is 0 Å². The van der Waals surface area contributed by atoms with Gasteiger partial charge in [0, 0.05) is 37.9 Å². The number of ether oxygens (including phenoxy) is 2. The number of rotatable bonds is 7. The monoisotopic (exact) mass is 382 g/mol. The Kier molecular flexibility index (Phi) is 6.14. The lowest BCUT2D eigenvalue weighted by Crippen LogP contribution is -2.32. The van der Waals surface area contributed by atoms with Crippen LogP contribution in [0, 0.1) is 0 Å². The minimum atomic E-state index is -0.213. The summed E-state index contributed by atoms with van der Waals surface area (Å²) >= 11 is 0. The molecule has 2 atom stereocenters. The molecule has 0 spiro atoms. The average molecular weight is 382 g/mol. The number of anilines is 1. The van der Waals surface area contributed by atoms with Crippen LogP contribution in [0.2, 0.25) is 0 Å². The largest absolute Gasteiger partial charge is 0.376 e. The lowest BCUT2D eigenvalue weighted by atomic mass is 10.2. The fourth-order valence-electron chi connectivity index (χ4n) is 3.50. The molecular weight excluding hydrogens is 356 g/mol. The predicted octanol–water partition coefficient (Wildman–Crippen LogP) is 2.64. The van der Waals surface area contributed by atoms with Crippen LogP contribution in [0.25, 0.3) is 11.4 Å². The zero-order chi connectivity index (χ0) is 19.2. The normalized spacial score (nSPS) is 21.6. The summed E-state index contributed by atoms with van der Waals surface area (Å²) in [5.41, 5.74) is 1.22. The number of amides is 1. The summed E-state index contributed by atoms with van der Waals surface area (Å²) < 4.78 is 11.2. The zero-order valence-electron chi connectivity index (χ0n) is 15.9. The van der Waals surface area contributed by atoms with Gasteiger partial charge in [0.05, 0.1) is 12.2 Å². The Labute approximate surface area is 164 Å². The van der Waals surface area contributed by atoms with E-state index in [1.165, 1.54) is 0 Å². The van der Waals surface area contributed by atoms with Crippen LogP contribution in [-0.4, -0.2) is 54.4 Å². The van der Waals surface area contributed by atoms with Crippen LogP contribution in [0.5, 0.6) is 0 Å². The molecule has 28 heavy (non-hydrogen) atoms.